The van der Waals surface area contributed by atoms with Gasteiger partial charge in [0.2, 0.25) is 0 Å². The second-order valence-electron chi connectivity index (χ2n) is 9.68. The molecule has 0 aromatic heterocycles. The van der Waals surface area contributed by atoms with Gasteiger partial charge in [-0.25, -0.2) is 8.42 Å². The van der Waals surface area contributed by atoms with Crippen LogP contribution in [0.1, 0.15) is 72.3 Å². The molecule has 3 unspecified atom stereocenters. The molecule has 0 bridgehead atoms. The predicted octanol–water partition coefficient (Wildman–Crippen LogP) is 6.06. The molecule has 182 valence electrons. The lowest BCUT2D eigenvalue weighted by molar-refractivity contribution is 0.0827. The molecule has 5 rings (SSSR count). The summed E-state index contributed by atoms with van der Waals surface area (Å²) >= 11 is 0. The van der Waals surface area contributed by atoms with E-state index in [4.69, 9.17) is 4.74 Å². The first kappa shape index (κ1) is 23.6. The Labute approximate surface area is 206 Å². The topological polar surface area (TPSA) is 84.5 Å². The fourth-order valence-electron chi connectivity index (χ4n) is 5.05. The van der Waals surface area contributed by atoms with Gasteiger partial charge < -0.3 is 10.1 Å². The number of anilines is 2. The molecule has 3 aromatic carbocycles. The summed E-state index contributed by atoms with van der Waals surface area (Å²) < 4.78 is 35.1. The maximum absolute atomic E-state index is 13.2. The van der Waals surface area contributed by atoms with Gasteiger partial charge in [-0.05, 0) is 60.7 Å². The van der Waals surface area contributed by atoms with Gasteiger partial charge in [-0.2, -0.15) is 0 Å². The van der Waals surface area contributed by atoms with E-state index >= 15 is 0 Å². The number of hydrogen-bond acceptors (Lipinski definition) is 5. The highest BCUT2D eigenvalue weighted by Crippen LogP contribution is 2.50. The van der Waals surface area contributed by atoms with Crippen molar-refractivity contribution in [3.63, 3.8) is 0 Å². The lowest BCUT2D eigenvalue weighted by Crippen LogP contribution is -2.29. The molecule has 3 aromatic rings. The van der Waals surface area contributed by atoms with E-state index < -0.39 is 10.0 Å². The number of hydrogen-bond donors (Lipinski definition) is 2. The molecular weight excluding hydrogens is 460 g/mol. The monoisotopic (exact) mass is 490 g/mol. The molecule has 0 saturated carbocycles. The van der Waals surface area contributed by atoms with Crippen molar-refractivity contribution in [1.82, 2.24) is 0 Å². The highest BCUT2D eigenvalue weighted by atomic mass is 32.2. The first-order valence-corrected chi connectivity index (χ1v) is 13.5. The Bertz CT molecular complexity index is 1370. The average molecular weight is 491 g/mol. The third-order valence-corrected chi connectivity index (χ3v) is 8.38. The van der Waals surface area contributed by atoms with Crippen LogP contribution in [0.2, 0.25) is 0 Å². The molecule has 0 spiro atoms. The second-order valence-corrected chi connectivity index (χ2v) is 11.4. The van der Waals surface area contributed by atoms with Crippen LogP contribution in [0.4, 0.5) is 11.4 Å². The standard InChI is InChI=1S/C28H30N2O4S/c1-17(2)19-7-9-20(10-8-19)27-24-13-14-34-28(24)25-16-23(11-12-26(25)29-27)35(32,33)30-22-6-4-5-21(15-22)18(3)31/h4-12,15-17,24,27-30H,13-14H2,1-3H3. The van der Waals surface area contributed by atoms with Gasteiger partial charge in [0.1, 0.15) is 0 Å². The summed E-state index contributed by atoms with van der Waals surface area (Å²) in [5.74, 6) is 0.569. The molecule has 2 heterocycles. The summed E-state index contributed by atoms with van der Waals surface area (Å²) in [5.41, 5.74) is 5.08. The van der Waals surface area contributed by atoms with Crippen molar-refractivity contribution < 1.29 is 17.9 Å². The zero-order chi connectivity index (χ0) is 24.7. The third kappa shape index (κ3) is 4.58. The lowest BCUT2D eigenvalue weighted by atomic mass is 9.80. The fraction of sp³-hybridized carbons (Fsp3) is 0.321. The number of sulfonamides is 1. The molecule has 7 heteroatoms. The van der Waals surface area contributed by atoms with E-state index in [1.807, 2.05) is 6.07 Å². The van der Waals surface area contributed by atoms with Gasteiger partial charge in [0.05, 0.1) is 17.0 Å². The number of nitrogens with one attached hydrogen (secondary N) is 2. The number of ketones is 1. The largest absolute Gasteiger partial charge is 0.378 e. The van der Waals surface area contributed by atoms with Crippen molar-refractivity contribution in [2.45, 2.75) is 50.2 Å². The van der Waals surface area contributed by atoms with Crippen LogP contribution in [0.5, 0.6) is 0 Å². The highest BCUT2D eigenvalue weighted by Gasteiger charge is 2.42. The maximum Gasteiger partial charge on any atom is 0.261 e. The molecule has 0 amide bonds. The van der Waals surface area contributed by atoms with Crippen molar-refractivity contribution >= 4 is 27.2 Å². The van der Waals surface area contributed by atoms with E-state index in [1.165, 1.54) is 18.1 Å². The van der Waals surface area contributed by atoms with Gasteiger partial charge in [-0.1, -0.05) is 50.2 Å². The summed E-state index contributed by atoms with van der Waals surface area (Å²) in [6, 6.07) is 20.5. The van der Waals surface area contributed by atoms with Crippen LogP contribution in [0, 0.1) is 5.92 Å². The van der Waals surface area contributed by atoms with E-state index in [0.717, 1.165) is 17.7 Å². The summed E-state index contributed by atoms with van der Waals surface area (Å²) in [6.07, 6.45) is 0.734. The maximum atomic E-state index is 13.2. The Hall–Kier alpha value is -3.16. The van der Waals surface area contributed by atoms with Gasteiger partial charge in [0.15, 0.2) is 5.78 Å². The quantitative estimate of drug-likeness (QED) is 0.411. The minimum atomic E-state index is -3.84. The molecule has 0 radical (unpaired) electrons. The Kier molecular flexibility index (Phi) is 6.15. The van der Waals surface area contributed by atoms with E-state index in [-0.39, 0.29) is 28.7 Å². The van der Waals surface area contributed by atoms with Crippen LogP contribution in [-0.2, 0) is 14.8 Å². The molecule has 35 heavy (non-hydrogen) atoms. The van der Waals surface area contributed by atoms with E-state index in [1.54, 1.807) is 36.4 Å². The van der Waals surface area contributed by atoms with Crippen LogP contribution >= 0.6 is 0 Å². The second kappa shape index (κ2) is 9.13. The smallest absolute Gasteiger partial charge is 0.261 e. The lowest BCUT2D eigenvalue weighted by Gasteiger charge is -2.36. The normalized spacial score (nSPS) is 21.2. The Morgan fingerprint density at radius 2 is 1.83 bits per heavy atom. The van der Waals surface area contributed by atoms with Crippen molar-refractivity contribution in [1.29, 1.82) is 0 Å². The number of fused-ring (bicyclic) bond motifs is 3. The third-order valence-electron chi connectivity index (χ3n) is 7.00. The number of carbonyl (C=O) groups is 1. The SMILES string of the molecule is CC(=O)c1cccc(NS(=O)(=O)c2ccc3c(c2)C2OCCC2C(c2ccc(C(C)C)cc2)N3)c1. The van der Waals surface area contributed by atoms with Crippen LogP contribution in [0.15, 0.2) is 71.6 Å². The van der Waals surface area contributed by atoms with Gasteiger partial charge in [-0.3, -0.25) is 9.52 Å². The minimum absolute atomic E-state index is 0.103. The van der Waals surface area contributed by atoms with Gasteiger partial charge in [0, 0.05) is 35.0 Å². The average Bonchev–Trinajstić information content (AvgIpc) is 3.33. The summed E-state index contributed by atoms with van der Waals surface area (Å²) in [7, 11) is -3.84. The van der Waals surface area contributed by atoms with E-state index in [9.17, 15) is 13.2 Å². The Morgan fingerprint density at radius 1 is 1.06 bits per heavy atom. The zero-order valence-corrected chi connectivity index (χ0v) is 20.9. The number of rotatable bonds is 6. The molecule has 1 saturated heterocycles. The summed E-state index contributed by atoms with van der Waals surface area (Å²) in [6.45, 7) is 6.47. The van der Waals surface area contributed by atoms with Crippen LogP contribution in [0.25, 0.3) is 0 Å². The van der Waals surface area contributed by atoms with Crippen molar-refractivity contribution in [3.8, 4) is 0 Å². The number of Topliss-reactive ketones (excluding diaryl/α,β-unsaturated/α-hetero) is 1. The first-order chi connectivity index (χ1) is 16.7. The molecular formula is C28H30N2O4S. The summed E-state index contributed by atoms with van der Waals surface area (Å²) in [5, 5.41) is 3.65. The molecule has 2 N–H and O–H groups in total. The van der Waals surface area contributed by atoms with E-state index in [2.05, 4.69) is 48.2 Å². The fourth-order valence-corrected chi connectivity index (χ4v) is 6.14. The minimum Gasteiger partial charge on any atom is -0.378 e. The predicted molar refractivity (Wildman–Crippen MR) is 137 cm³/mol. The molecule has 2 aliphatic rings. The van der Waals surface area contributed by atoms with Crippen molar-refractivity contribution in [2.24, 2.45) is 5.92 Å². The van der Waals surface area contributed by atoms with Crippen molar-refractivity contribution in [3.05, 3.63) is 89.0 Å². The molecule has 6 nitrogen and oxygen atoms in total. The number of ether oxygens (including phenoxy) is 1. The van der Waals surface area contributed by atoms with E-state index in [0.29, 0.717) is 23.8 Å². The molecule has 3 atom stereocenters. The van der Waals surface area contributed by atoms with Crippen LogP contribution < -0.4 is 10.0 Å². The van der Waals surface area contributed by atoms with Crippen LogP contribution in [-0.4, -0.2) is 20.8 Å². The molecule has 0 aliphatic carbocycles. The Balaban J connectivity index is 1.44. The zero-order valence-electron chi connectivity index (χ0n) is 20.1. The first-order valence-electron chi connectivity index (χ1n) is 12.0. The molecule has 2 aliphatic heterocycles. The van der Waals surface area contributed by atoms with Gasteiger partial charge in [0.25, 0.3) is 10.0 Å². The summed E-state index contributed by atoms with van der Waals surface area (Å²) in [4.78, 5) is 11.8. The highest BCUT2D eigenvalue weighted by molar-refractivity contribution is 7.92. The molecule has 1 fully saturated rings. The Morgan fingerprint density at radius 3 is 2.54 bits per heavy atom. The number of benzene rings is 3. The van der Waals surface area contributed by atoms with Crippen LogP contribution in [0.3, 0.4) is 0 Å². The number of carbonyl (C=O) groups excluding carboxylic acids is 1. The van der Waals surface area contributed by atoms with Gasteiger partial charge >= 0.3 is 0 Å². The van der Waals surface area contributed by atoms with Crippen molar-refractivity contribution in [2.75, 3.05) is 16.6 Å². The van der Waals surface area contributed by atoms with Gasteiger partial charge in [-0.15, -0.1) is 0 Å².